The number of aromatic nitrogens is 6. The van der Waals surface area contributed by atoms with Crippen LogP contribution in [0.3, 0.4) is 0 Å². The standard InChI is InChI=1S/C13H21N7O/c1-6-10-9(4)13(19(5)16-10)14-12(21)7-11-15-18-20(17-11)8(2)3/h8H,6-7H2,1-5H3,(H,14,21). The Morgan fingerprint density at radius 1 is 1.33 bits per heavy atom. The molecule has 2 aromatic heterocycles. The third kappa shape index (κ3) is 3.26. The van der Waals surface area contributed by atoms with Crippen LogP contribution in [0.2, 0.25) is 0 Å². The SMILES string of the molecule is CCc1nn(C)c(NC(=O)Cc2nnn(C(C)C)n2)c1C. The number of nitrogens with one attached hydrogen (secondary N) is 1. The first-order valence-corrected chi connectivity index (χ1v) is 7.03. The Bertz CT molecular complexity index is 641. The van der Waals surface area contributed by atoms with Crippen LogP contribution in [0.1, 0.15) is 43.9 Å². The van der Waals surface area contributed by atoms with E-state index in [1.54, 1.807) is 4.68 Å². The number of anilines is 1. The summed E-state index contributed by atoms with van der Waals surface area (Å²) in [6, 6.07) is 0.126. The smallest absolute Gasteiger partial charge is 0.233 e. The molecule has 2 rings (SSSR count). The third-order valence-corrected chi connectivity index (χ3v) is 3.23. The van der Waals surface area contributed by atoms with Gasteiger partial charge in [0, 0.05) is 12.6 Å². The van der Waals surface area contributed by atoms with E-state index in [1.807, 2.05) is 34.7 Å². The van der Waals surface area contributed by atoms with Gasteiger partial charge in [-0.2, -0.15) is 9.90 Å². The summed E-state index contributed by atoms with van der Waals surface area (Å²) in [5.74, 6) is 0.955. The molecule has 2 aromatic rings. The lowest BCUT2D eigenvalue weighted by Gasteiger charge is -2.05. The molecule has 0 saturated carbocycles. The summed E-state index contributed by atoms with van der Waals surface area (Å²) < 4.78 is 1.68. The number of hydrogen-bond acceptors (Lipinski definition) is 5. The second-order valence-electron chi connectivity index (χ2n) is 5.24. The van der Waals surface area contributed by atoms with Crippen LogP contribution in [0.4, 0.5) is 5.82 Å². The van der Waals surface area contributed by atoms with Crippen LogP contribution < -0.4 is 5.32 Å². The molecule has 2 heterocycles. The average Bonchev–Trinajstić information content (AvgIpc) is 2.98. The molecule has 21 heavy (non-hydrogen) atoms. The van der Waals surface area contributed by atoms with Gasteiger partial charge in [-0.1, -0.05) is 6.92 Å². The Balaban J connectivity index is 2.06. The van der Waals surface area contributed by atoms with Crippen LogP contribution in [0.5, 0.6) is 0 Å². The molecule has 8 heteroatoms. The molecular weight excluding hydrogens is 270 g/mol. The highest BCUT2D eigenvalue weighted by molar-refractivity contribution is 5.91. The van der Waals surface area contributed by atoms with Crippen molar-refractivity contribution in [3.8, 4) is 0 Å². The van der Waals surface area contributed by atoms with Crippen LogP contribution in [-0.4, -0.2) is 35.9 Å². The largest absolute Gasteiger partial charge is 0.310 e. The lowest BCUT2D eigenvalue weighted by Crippen LogP contribution is -2.18. The number of nitrogens with zero attached hydrogens (tertiary/aromatic N) is 6. The van der Waals surface area contributed by atoms with Gasteiger partial charge in [0.1, 0.15) is 5.82 Å². The quantitative estimate of drug-likeness (QED) is 0.888. The average molecular weight is 291 g/mol. The van der Waals surface area contributed by atoms with Crippen molar-refractivity contribution >= 4 is 11.7 Å². The molecule has 1 N–H and O–H groups in total. The van der Waals surface area contributed by atoms with Crippen LogP contribution in [0.15, 0.2) is 0 Å². The molecule has 0 aliphatic rings. The maximum Gasteiger partial charge on any atom is 0.233 e. The molecule has 0 radical (unpaired) electrons. The molecular formula is C13H21N7O. The van der Waals surface area contributed by atoms with Gasteiger partial charge in [0.25, 0.3) is 0 Å². The minimum absolute atomic E-state index is 0.0960. The van der Waals surface area contributed by atoms with Crippen molar-refractivity contribution in [3.63, 3.8) is 0 Å². The normalized spacial score (nSPS) is 11.1. The van der Waals surface area contributed by atoms with Crippen molar-refractivity contribution in [2.75, 3.05) is 5.32 Å². The Morgan fingerprint density at radius 3 is 2.57 bits per heavy atom. The van der Waals surface area contributed by atoms with E-state index in [0.717, 1.165) is 17.7 Å². The number of carbonyl (C=O) groups is 1. The van der Waals surface area contributed by atoms with Crippen molar-refractivity contribution in [2.24, 2.45) is 7.05 Å². The predicted molar refractivity (Wildman–Crippen MR) is 77.9 cm³/mol. The van der Waals surface area contributed by atoms with E-state index in [4.69, 9.17) is 0 Å². The van der Waals surface area contributed by atoms with E-state index in [-0.39, 0.29) is 18.4 Å². The van der Waals surface area contributed by atoms with Gasteiger partial charge in [0.15, 0.2) is 5.82 Å². The molecule has 0 unspecified atom stereocenters. The van der Waals surface area contributed by atoms with E-state index in [1.165, 1.54) is 4.80 Å². The number of hydrogen-bond donors (Lipinski definition) is 1. The highest BCUT2D eigenvalue weighted by Gasteiger charge is 2.16. The highest BCUT2D eigenvalue weighted by Crippen LogP contribution is 2.18. The summed E-state index contributed by atoms with van der Waals surface area (Å²) in [5, 5.41) is 19.2. The number of rotatable bonds is 5. The number of amides is 1. The predicted octanol–water partition coefficient (Wildman–Crippen LogP) is 1.04. The van der Waals surface area contributed by atoms with Gasteiger partial charge in [-0.3, -0.25) is 9.48 Å². The first-order chi connectivity index (χ1) is 9.92. The Kier molecular flexibility index (Phi) is 4.35. The van der Waals surface area contributed by atoms with Gasteiger partial charge in [-0.15, -0.1) is 10.2 Å². The summed E-state index contributed by atoms with van der Waals surface area (Å²) in [6.45, 7) is 7.90. The van der Waals surface area contributed by atoms with E-state index in [0.29, 0.717) is 11.6 Å². The van der Waals surface area contributed by atoms with E-state index in [9.17, 15) is 4.79 Å². The summed E-state index contributed by atoms with van der Waals surface area (Å²) in [7, 11) is 1.81. The molecule has 1 amide bonds. The second kappa shape index (κ2) is 6.02. The maximum absolute atomic E-state index is 12.1. The Hall–Kier alpha value is -2.25. The van der Waals surface area contributed by atoms with Gasteiger partial charge < -0.3 is 5.32 Å². The van der Waals surface area contributed by atoms with Gasteiger partial charge in [-0.25, -0.2) is 0 Å². The zero-order valence-electron chi connectivity index (χ0n) is 13.1. The lowest BCUT2D eigenvalue weighted by atomic mass is 10.2. The van der Waals surface area contributed by atoms with E-state index >= 15 is 0 Å². The van der Waals surface area contributed by atoms with Crippen molar-refractivity contribution < 1.29 is 4.79 Å². The van der Waals surface area contributed by atoms with Gasteiger partial charge in [0.2, 0.25) is 5.91 Å². The molecule has 0 atom stereocenters. The van der Waals surface area contributed by atoms with E-state index in [2.05, 4.69) is 25.8 Å². The van der Waals surface area contributed by atoms with Gasteiger partial charge in [0.05, 0.1) is 18.2 Å². The zero-order chi connectivity index (χ0) is 15.6. The Morgan fingerprint density at radius 2 is 2.05 bits per heavy atom. The maximum atomic E-state index is 12.1. The third-order valence-electron chi connectivity index (χ3n) is 3.23. The molecule has 0 spiro atoms. The monoisotopic (exact) mass is 291 g/mol. The van der Waals surface area contributed by atoms with Crippen molar-refractivity contribution in [2.45, 2.75) is 46.6 Å². The first-order valence-electron chi connectivity index (χ1n) is 7.03. The van der Waals surface area contributed by atoms with Crippen LogP contribution in [0.25, 0.3) is 0 Å². The molecule has 0 aliphatic carbocycles. The second-order valence-corrected chi connectivity index (χ2v) is 5.24. The lowest BCUT2D eigenvalue weighted by molar-refractivity contribution is -0.115. The molecule has 8 nitrogen and oxygen atoms in total. The molecule has 0 aromatic carbocycles. The fourth-order valence-electron chi connectivity index (χ4n) is 2.06. The summed E-state index contributed by atoms with van der Waals surface area (Å²) in [6.07, 6.45) is 0.929. The van der Waals surface area contributed by atoms with Crippen LogP contribution >= 0.6 is 0 Å². The first kappa shape index (κ1) is 15.1. The fourth-order valence-corrected chi connectivity index (χ4v) is 2.06. The summed E-state index contributed by atoms with van der Waals surface area (Å²) >= 11 is 0. The number of tetrazole rings is 1. The minimum atomic E-state index is -0.174. The van der Waals surface area contributed by atoms with Crippen LogP contribution in [0, 0.1) is 6.92 Å². The molecule has 0 fully saturated rings. The molecule has 114 valence electrons. The molecule has 0 aliphatic heterocycles. The molecule has 0 bridgehead atoms. The fraction of sp³-hybridized carbons (Fsp3) is 0.615. The van der Waals surface area contributed by atoms with Gasteiger partial charge in [-0.05, 0) is 32.4 Å². The summed E-state index contributed by atoms with van der Waals surface area (Å²) in [5.41, 5.74) is 1.98. The Labute approximate surface area is 123 Å². The topological polar surface area (TPSA) is 90.5 Å². The molecule has 0 saturated heterocycles. The zero-order valence-corrected chi connectivity index (χ0v) is 13.1. The van der Waals surface area contributed by atoms with E-state index < -0.39 is 0 Å². The number of aryl methyl sites for hydroxylation is 2. The van der Waals surface area contributed by atoms with Crippen molar-refractivity contribution in [1.82, 2.24) is 30.0 Å². The number of carbonyl (C=O) groups excluding carboxylic acids is 1. The van der Waals surface area contributed by atoms with Crippen molar-refractivity contribution in [1.29, 1.82) is 0 Å². The van der Waals surface area contributed by atoms with Crippen molar-refractivity contribution in [3.05, 3.63) is 17.1 Å². The summed E-state index contributed by atoms with van der Waals surface area (Å²) in [4.78, 5) is 13.6. The minimum Gasteiger partial charge on any atom is -0.310 e. The highest BCUT2D eigenvalue weighted by atomic mass is 16.1. The van der Waals surface area contributed by atoms with Crippen LogP contribution in [-0.2, 0) is 24.7 Å². The van der Waals surface area contributed by atoms with Gasteiger partial charge >= 0.3 is 0 Å².